The Kier molecular flexibility index (Phi) is 0.866. The molecule has 8 heavy (non-hydrogen) atoms. The van der Waals surface area contributed by atoms with Gasteiger partial charge in [0.15, 0.2) is 0 Å². The molecule has 2 rings (SSSR count). The van der Waals surface area contributed by atoms with E-state index >= 15 is 0 Å². The Morgan fingerprint density at radius 1 is 1.38 bits per heavy atom. The minimum Gasteiger partial charge on any atom is -0.390 e. The van der Waals surface area contributed by atoms with Crippen molar-refractivity contribution in [3.05, 3.63) is 0 Å². The average Bonchev–Trinajstić information content (AvgIpc) is 2.29. The van der Waals surface area contributed by atoms with Gasteiger partial charge in [0.1, 0.15) is 0 Å². The summed E-state index contributed by atoms with van der Waals surface area (Å²) in [5.41, 5.74) is 0. The lowest BCUT2D eigenvalue weighted by molar-refractivity contribution is 0.0441. The number of hydrogen-bond donors (Lipinski definition) is 1. The topological polar surface area (TPSA) is 29.5 Å². The third kappa shape index (κ3) is 0.446. The Morgan fingerprint density at radius 2 is 2.25 bits per heavy atom. The van der Waals surface area contributed by atoms with Crippen molar-refractivity contribution < 1.29 is 9.84 Å². The van der Waals surface area contributed by atoms with Gasteiger partial charge in [0.2, 0.25) is 0 Å². The normalized spacial score (nSPS) is 52.9. The fraction of sp³-hybridized carbons (Fsp3) is 1.00. The van der Waals surface area contributed by atoms with Crippen LogP contribution in [0.4, 0.5) is 0 Å². The first kappa shape index (κ1) is 4.77. The molecule has 0 spiro atoms. The molecular formula is C6H10O2. The maximum Gasteiger partial charge on any atom is 0.0851 e. The van der Waals surface area contributed by atoms with Gasteiger partial charge in [0.25, 0.3) is 0 Å². The molecule has 1 N–H and O–H groups in total. The highest BCUT2D eigenvalue weighted by atomic mass is 16.5. The molecule has 2 nitrogen and oxygen atoms in total. The quantitative estimate of drug-likeness (QED) is 0.486. The number of fused-ring (bicyclic) bond motifs is 2. The Bertz CT molecular complexity index is 82.7. The molecule has 46 valence electrons. The second-order valence-corrected chi connectivity index (χ2v) is 2.70. The van der Waals surface area contributed by atoms with Crippen molar-refractivity contribution in [3.63, 3.8) is 0 Å². The molecule has 0 aromatic rings. The standard InChI is InChI=1S/C6H10O2/c7-6-4-1-2-5(6)8-3-4/h4-7H,1-3H2/t4-,5+,6+/m0/s1. The molecular weight excluding hydrogens is 104 g/mol. The summed E-state index contributed by atoms with van der Waals surface area (Å²) >= 11 is 0. The van der Waals surface area contributed by atoms with E-state index in [4.69, 9.17) is 4.74 Å². The van der Waals surface area contributed by atoms with E-state index < -0.39 is 0 Å². The summed E-state index contributed by atoms with van der Waals surface area (Å²) in [6, 6.07) is 0. The molecule has 1 aliphatic carbocycles. The van der Waals surface area contributed by atoms with Crippen molar-refractivity contribution in [3.8, 4) is 0 Å². The number of ether oxygens (including phenoxy) is 1. The predicted molar refractivity (Wildman–Crippen MR) is 28.5 cm³/mol. The van der Waals surface area contributed by atoms with Crippen LogP contribution in [0.3, 0.4) is 0 Å². The van der Waals surface area contributed by atoms with Crippen molar-refractivity contribution in [1.82, 2.24) is 0 Å². The zero-order chi connectivity index (χ0) is 5.56. The van der Waals surface area contributed by atoms with E-state index in [-0.39, 0.29) is 12.2 Å². The molecule has 2 heteroatoms. The van der Waals surface area contributed by atoms with E-state index in [1.165, 1.54) is 6.42 Å². The lowest BCUT2D eigenvalue weighted by Gasteiger charge is -2.06. The second-order valence-electron chi connectivity index (χ2n) is 2.70. The first-order valence-corrected chi connectivity index (χ1v) is 3.17. The summed E-state index contributed by atoms with van der Waals surface area (Å²) < 4.78 is 5.21. The molecule has 2 fully saturated rings. The molecule has 0 aromatic heterocycles. The van der Waals surface area contributed by atoms with E-state index in [1.54, 1.807) is 0 Å². The van der Waals surface area contributed by atoms with Crippen LogP contribution in [-0.4, -0.2) is 23.9 Å². The molecule has 2 bridgehead atoms. The van der Waals surface area contributed by atoms with Crippen LogP contribution < -0.4 is 0 Å². The lowest BCUT2D eigenvalue weighted by Crippen LogP contribution is -2.16. The Hall–Kier alpha value is -0.0800. The number of rotatable bonds is 0. The fourth-order valence-electron chi connectivity index (χ4n) is 1.63. The Balaban J connectivity index is 2.16. The second kappa shape index (κ2) is 1.45. The monoisotopic (exact) mass is 114 g/mol. The molecule has 0 radical (unpaired) electrons. The van der Waals surface area contributed by atoms with Crippen LogP contribution in [0.2, 0.25) is 0 Å². The largest absolute Gasteiger partial charge is 0.390 e. The first-order chi connectivity index (χ1) is 3.88. The summed E-state index contributed by atoms with van der Waals surface area (Å²) in [7, 11) is 0. The summed E-state index contributed by atoms with van der Waals surface area (Å²) in [5.74, 6) is 0.472. The van der Waals surface area contributed by atoms with E-state index in [2.05, 4.69) is 0 Å². The maximum atomic E-state index is 9.20. The van der Waals surface area contributed by atoms with Crippen LogP contribution in [0.15, 0.2) is 0 Å². The number of hydrogen-bond acceptors (Lipinski definition) is 2. The number of aliphatic hydroxyl groups is 1. The van der Waals surface area contributed by atoms with Crippen molar-refractivity contribution in [2.45, 2.75) is 25.0 Å². The zero-order valence-corrected chi connectivity index (χ0v) is 4.71. The third-order valence-corrected chi connectivity index (χ3v) is 2.21. The first-order valence-electron chi connectivity index (χ1n) is 3.17. The Morgan fingerprint density at radius 3 is 2.38 bits per heavy atom. The molecule has 1 aliphatic heterocycles. The van der Waals surface area contributed by atoms with Crippen molar-refractivity contribution in [1.29, 1.82) is 0 Å². The van der Waals surface area contributed by atoms with Crippen LogP contribution in [0, 0.1) is 5.92 Å². The van der Waals surface area contributed by atoms with Crippen molar-refractivity contribution >= 4 is 0 Å². The summed E-state index contributed by atoms with van der Waals surface area (Å²) in [6.07, 6.45) is 2.31. The highest BCUT2D eigenvalue weighted by Crippen LogP contribution is 2.34. The third-order valence-electron chi connectivity index (χ3n) is 2.21. The zero-order valence-electron chi connectivity index (χ0n) is 4.71. The molecule has 0 aromatic carbocycles. The molecule has 1 saturated heterocycles. The van der Waals surface area contributed by atoms with Crippen LogP contribution in [-0.2, 0) is 4.74 Å². The van der Waals surface area contributed by atoms with Gasteiger partial charge in [0.05, 0.1) is 18.8 Å². The summed E-state index contributed by atoms with van der Waals surface area (Å²) in [5, 5.41) is 9.20. The van der Waals surface area contributed by atoms with Gasteiger partial charge >= 0.3 is 0 Å². The predicted octanol–water partition coefficient (Wildman–Crippen LogP) is 0.156. The molecule has 2 aliphatic rings. The maximum absolute atomic E-state index is 9.20. The molecule has 1 heterocycles. The summed E-state index contributed by atoms with van der Waals surface area (Å²) in [4.78, 5) is 0. The van der Waals surface area contributed by atoms with E-state index in [9.17, 15) is 5.11 Å². The van der Waals surface area contributed by atoms with Gasteiger partial charge in [-0.3, -0.25) is 0 Å². The highest BCUT2D eigenvalue weighted by molar-refractivity contribution is 4.90. The van der Waals surface area contributed by atoms with Gasteiger partial charge in [-0.15, -0.1) is 0 Å². The van der Waals surface area contributed by atoms with Crippen molar-refractivity contribution in [2.75, 3.05) is 6.61 Å². The minimum atomic E-state index is -0.130. The SMILES string of the molecule is O[C@@H]1[C@H]2CC[C@H]1OC2. The van der Waals surface area contributed by atoms with Gasteiger partial charge in [-0.25, -0.2) is 0 Å². The highest BCUT2D eigenvalue weighted by Gasteiger charge is 2.41. The molecule has 0 unspecified atom stereocenters. The van der Waals surface area contributed by atoms with E-state index in [0.717, 1.165) is 13.0 Å². The fourth-order valence-corrected chi connectivity index (χ4v) is 1.63. The van der Waals surface area contributed by atoms with Gasteiger partial charge in [-0.1, -0.05) is 0 Å². The smallest absolute Gasteiger partial charge is 0.0851 e. The average molecular weight is 114 g/mol. The lowest BCUT2D eigenvalue weighted by atomic mass is 10.1. The van der Waals surface area contributed by atoms with Crippen molar-refractivity contribution in [2.24, 2.45) is 5.92 Å². The van der Waals surface area contributed by atoms with Crippen LogP contribution in [0.1, 0.15) is 12.8 Å². The summed E-state index contributed by atoms with van der Waals surface area (Å²) in [6.45, 7) is 0.797. The van der Waals surface area contributed by atoms with Crippen LogP contribution in [0.25, 0.3) is 0 Å². The minimum absolute atomic E-state index is 0.130. The van der Waals surface area contributed by atoms with E-state index in [1.807, 2.05) is 0 Å². The molecule has 3 atom stereocenters. The van der Waals surface area contributed by atoms with Gasteiger partial charge in [0, 0.05) is 5.92 Å². The van der Waals surface area contributed by atoms with E-state index in [0.29, 0.717) is 5.92 Å². The van der Waals surface area contributed by atoms with Gasteiger partial charge in [-0.05, 0) is 12.8 Å². The molecule has 0 amide bonds. The van der Waals surface area contributed by atoms with Gasteiger partial charge < -0.3 is 9.84 Å². The Labute approximate surface area is 48.5 Å². The van der Waals surface area contributed by atoms with Gasteiger partial charge in [-0.2, -0.15) is 0 Å². The molecule has 1 saturated carbocycles. The van der Waals surface area contributed by atoms with Crippen LogP contribution in [0.5, 0.6) is 0 Å². The van der Waals surface area contributed by atoms with Crippen LogP contribution >= 0.6 is 0 Å². The number of aliphatic hydroxyl groups excluding tert-OH is 1.